The first-order chi connectivity index (χ1) is 6.74. The number of nitrogens with one attached hydrogen (secondary N) is 1. The van der Waals surface area contributed by atoms with E-state index in [1.54, 1.807) is 0 Å². The molecular formula is C11H14INO. The van der Waals surface area contributed by atoms with Crippen molar-refractivity contribution in [2.75, 3.05) is 6.61 Å². The van der Waals surface area contributed by atoms with Crippen LogP contribution >= 0.6 is 22.6 Å². The van der Waals surface area contributed by atoms with E-state index >= 15 is 0 Å². The van der Waals surface area contributed by atoms with Crippen molar-refractivity contribution in [1.82, 2.24) is 5.32 Å². The quantitative estimate of drug-likeness (QED) is 0.833. The Morgan fingerprint density at radius 3 is 2.43 bits per heavy atom. The van der Waals surface area contributed by atoms with Gasteiger partial charge in [0.15, 0.2) is 0 Å². The average Bonchev–Trinajstić information content (AvgIpc) is 2.98. The summed E-state index contributed by atoms with van der Waals surface area (Å²) < 4.78 is 1.26. The molecule has 0 unspecified atom stereocenters. The molecule has 14 heavy (non-hydrogen) atoms. The van der Waals surface area contributed by atoms with E-state index in [4.69, 9.17) is 5.11 Å². The SMILES string of the molecule is OCC1(NCc2ccc(I)cc2)CC1. The first-order valence-corrected chi connectivity index (χ1v) is 5.92. The number of aliphatic hydroxyl groups excluding tert-OH is 1. The molecule has 1 aliphatic rings. The van der Waals surface area contributed by atoms with Crippen molar-refractivity contribution < 1.29 is 5.11 Å². The van der Waals surface area contributed by atoms with Crippen LogP contribution in [0.25, 0.3) is 0 Å². The lowest BCUT2D eigenvalue weighted by molar-refractivity contribution is 0.229. The van der Waals surface area contributed by atoms with Crippen LogP contribution in [-0.4, -0.2) is 17.3 Å². The van der Waals surface area contributed by atoms with E-state index in [9.17, 15) is 0 Å². The second-order valence-electron chi connectivity index (χ2n) is 3.92. The lowest BCUT2D eigenvalue weighted by atomic mass is 10.2. The van der Waals surface area contributed by atoms with Gasteiger partial charge in [0, 0.05) is 15.7 Å². The molecule has 3 heteroatoms. The highest BCUT2D eigenvalue weighted by molar-refractivity contribution is 14.1. The molecule has 2 rings (SSSR count). The number of benzene rings is 1. The van der Waals surface area contributed by atoms with Crippen LogP contribution < -0.4 is 5.32 Å². The Hall–Kier alpha value is -0.130. The molecule has 0 heterocycles. The van der Waals surface area contributed by atoms with Gasteiger partial charge in [0.2, 0.25) is 0 Å². The number of aliphatic hydroxyl groups is 1. The second kappa shape index (κ2) is 4.16. The summed E-state index contributed by atoms with van der Waals surface area (Å²) in [4.78, 5) is 0. The van der Waals surface area contributed by atoms with Crippen LogP contribution in [0, 0.1) is 3.57 Å². The van der Waals surface area contributed by atoms with E-state index in [1.807, 2.05) is 0 Å². The maximum Gasteiger partial charge on any atom is 0.0613 e. The first kappa shape index (κ1) is 10.4. The summed E-state index contributed by atoms with van der Waals surface area (Å²) in [5.41, 5.74) is 1.33. The molecule has 1 aliphatic carbocycles. The summed E-state index contributed by atoms with van der Waals surface area (Å²) in [5.74, 6) is 0. The van der Waals surface area contributed by atoms with E-state index < -0.39 is 0 Å². The maximum atomic E-state index is 9.11. The highest BCUT2D eigenvalue weighted by Gasteiger charge is 2.41. The van der Waals surface area contributed by atoms with Gasteiger partial charge in [0.05, 0.1) is 6.61 Å². The smallest absolute Gasteiger partial charge is 0.0613 e. The van der Waals surface area contributed by atoms with Crippen molar-refractivity contribution in [3.63, 3.8) is 0 Å². The van der Waals surface area contributed by atoms with Gasteiger partial charge >= 0.3 is 0 Å². The molecule has 0 aliphatic heterocycles. The normalized spacial score (nSPS) is 18.1. The molecule has 0 saturated heterocycles. The fourth-order valence-electron chi connectivity index (χ4n) is 1.43. The number of halogens is 1. The molecule has 1 fully saturated rings. The Kier molecular flexibility index (Phi) is 3.09. The van der Waals surface area contributed by atoms with Gasteiger partial charge in [-0.25, -0.2) is 0 Å². The molecule has 0 bridgehead atoms. The minimum absolute atomic E-state index is 0.0446. The largest absolute Gasteiger partial charge is 0.394 e. The molecule has 0 amide bonds. The topological polar surface area (TPSA) is 32.3 Å². The third kappa shape index (κ3) is 2.46. The van der Waals surface area contributed by atoms with Gasteiger partial charge in [-0.1, -0.05) is 12.1 Å². The number of hydrogen-bond donors (Lipinski definition) is 2. The molecule has 0 radical (unpaired) electrons. The minimum Gasteiger partial charge on any atom is -0.394 e. The van der Waals surface area contributed by atoms with Gasteiger partial charge in [-0.2, -0.15) is 0 Å². The van der Waals surface area contributed by atoms with Crippen molar-refractivity contribution in [3.05, 3.63) is 33.4 Å². The first-order valence-electron chi connectivity index (χ1n) is 4.84. The third-order valence-corrected chi connectivity index (χ3v) is 3.46. The van der Waals surface area contributed by atoms with Gasteiger partial charge in [-0.05, 0) is 53.1 Å². The second-order valence-corrected chi connectivity index (χ2v) is 5.16. The summed E-state index contributed by atoms with van der Waals surface area (Å²) in [7, 11) is 0. The van der Waals surface area contributed by atoms with Crippen molar-refractivity contribution in [3.8, 4) is 0 Å². The highest BCUT2D eigenvalue weighted by Crippen LogP contribution is 2.34. The zero-order valence-corrected chi connectivity index (χ0v) is 10.1. The summed E-state index contributed by atoms with van der Waals surface area (Å²) in [5, 5.41) is 12.5. The summed E-state index contributed by atoms with van der Waals surface area (Å²) >= 11 is 2.30. The predicted molar refractivity (Wildman–Crippen MR) is 65.0 cm³/mol. The number of hydrogen-bond acceptors (Lipinski definition) is 2. The monoisotopic (exact) mass is 303 g/mol. The van der Waals surface area contributed by atoms with E-state index in [2.05, 4.69) is 52.2 Å². The molecule has 1 saturated carbocycles. The lowest BCUT2D eigenvalue weighted by Gasteiger charge is -2.13. The van der Waals surface area contributed by atoms with Gasteiger partial charge < -0.3 is 10.4 Å². The third-order valence-electron chi connectivity index (χ3n) is 2.74. The van der Waals surface area contributed by atoms with Crippen LogP contribution in [0.3, 0.4) is 0 Å². The van der Waals surface area contributed by atoms with Crippen LogP contribution in [0.4, 0.5) is 0 Å². The van der Waals surface area contributed by atoms with Crippen LogP contribution in [0.2, 0.25) is 0 Å². The van der Waals surface area contributed by atoms with Crippen LogP contribution in [0.5, 0.6) is 0 Å². The van der Waals surface area contributed by atoms with Crippen LogP contribution in [0.15, 0.2) is 24.3 Å². The van der Waals surface area contributed by atoms with E-state index in [1.165, 1.54) is 9.13 Å². The maximum absolute atomic E-state index is 9.11. The van der Waals surface area contributed by atoms with Crippen LogP contribution in [-0.2, 0) is 6.54 Å². The molecule has 2 nitrogen and oxygen atoms in total. The summed E-state index contributed by atoms with van der Waals surface area (Å²) in [6, 6.07) is 8.47. The fourth-order valence-corrected chi connectivity index (χ4v) is 1.79. The summed E-state index contributed by atoms with van der Waals surface area (Å²) in [6.45, 7) is 1.12. The Labute approximate surface area is 97.9 Å². The molecule has 0 spiro atoms. The predicted octanol–water partition coefficient (Wildman–Crippen LogP) is 1.91. The van der Waals surface area contributed by atoms with Crippen molar-refractivity contribution in [2.24, 2.45) is 0 Å². The lowest BCUT2D eigenvalue weighted by Crippen LogP contribution is -2.34. The van der Waals surface area contributed by atoms with Gasteiger partial charge in [-0.15, -0.1) is 0 Å². The fraction of sp³-hybridized carbons (Fsp3) is 0.455. The molecule has 2 N–H and O–H groups in total. The Bertz CT molecular complexity index is 306. The van der Waals surface area contributed by atoms with Crippen molar-refractivity contribution in [1.29, 1.82) is 0 Å². The molecular weight excluding hydrogens is 289 g/mol. The van der Waals surface area contributed by atoms with Crippen LogP contribution in [0.1, 0.15) is 18.4 Å². The van der Waals surface area contributed by atoms with E-state index in [0.717, 1.165) is 19.4 Å². The number of rotatable bonds is 4. The average molecular weight is 303 g/mol. The summed E-state index contributed by atoms with van der Waals surface area (Å²) in [6.07, 6.45) is 2.21. The molecule has 1 aromatic rings. The molecule has 0 atom stereocenters. The zero-order chi connectivity index (χ0) is 10.0. The van der Waals surface area contributed by atoms with E-state index in [-0.39, 0.29) is 12.1 Å². The van der Waals surface area contributed by atoms with Crippen molar-refractivity contribution >= 4 is 22.6 Å². The van der Waals surface area contributed by atoms with Gasteiger partial charge in [0.25, 0.3) is 0 Å². The highest BCUT2D eigenvalue weighted by atomic mass is 127. The molecule has 76 valence electrons. The van der Waals surface area contributed by atoms with Crippen molar-refractivity contribution in [2.45, 2.75) is 24.9 Å². The molecule has 0 aromatic heterocycles. The standard InChI is InChI=1S/C11H14INO/c12-10-3-1-9(2-4-10)7-13-11(8-14)5-6-11/h1-4,13-14H,5-8H2. The Morgan fingerprint density at radius 2 is 1.93 bits per heavy atom. The Morgan fingerprint density at radius 1 is 1.29 bits per heavy atom. The molecule has 1 aromatic carbocycles. The van der Waals surface area contributed by atoms with Gasteiger partial charge in [-0.3, -0.25) is 0 Å². The van der Waals surface area contributed by atoms with Gasteiger partial charge in [0.1, 0.15) is 0 Å². The zero-order valence-electron chi connectivity index (χ0n) is 7.96. The van der Waals surface area contributed by atoms with E-state index in [0.29, 0.717) is 0 Å². The minimum atomic E-state index is 0.0446. The Balaban J connectivity index is 1.89.